The van der Waals surface area contributed by atoms with Crippen molar-refractivity contribution in [3.05, 3.63) is 95.9 Å². The van der Waals surface area contributed by atoms with Crippen molar-refractivity contribution in [2.45, 2.75) is 58.7 Å². The minimum Gasteiger partial charge on any atom is -0.444 e. The van der Waals surface area contributed by atoms with Gasteiger partial charge in [0, 0.05) is 36.6 Å². The number of likely N-dealkylation sites (tertiary alicyclic amines) is 1. The van der Waals surface area contributed by atoms with E-state index in [1.807, 2.05) is 88.4 Å². The first kappa shape index (κ1) is 29.8. The Hall–Kier alpha value is -4.63. The Balaban J connectivity index is 1.36. The number of carbonyl (C=O) groups is 2. The van der Waals surface area contributed by atoms with Gasteiger partial charge >= 0.3 is 6.09 Å². The van der Waals surface area contributed by atoms with Crippen LogP contribution in [0.2, 0.25) is 0 Å². The second kappa shape index (κ2) is 13.1. The monoisotopic (exact) mass is 578 g/mol. The number of aromatic nitrogens is 3. The van der Waals surface area contributed by atoms with Gasteiger partial charge in [-0.15, -0.1) is 0 Å². The molecule has 2 aromatic carbocycles. The average molecular weight is 579 g/mol. The highest BCUT2D eigenvalue weighted by Crippen LogP contribution is 2.26. The van der Waals surface area contributed by atoms with Crippen molar-refractivity contribution in [2.75, 3.05) is 18.4 Å². The van der Waals surface area contributed by atoms with E-state index >= 15 is 0 Å². The summed E-state index contributed by atoms with van der Waals surface area (Å²) in [5.74, 6) is -0.296. The summed E-state index contributed by atoms with van der Waals surface area (Å²) < 4.78 is 5.46. The second-order valence-corrected chi connectivity index (χ2v) is 11.9. The van der Waals surface area contributed by atoms with E-state index in [4.69, 9.17) is 4.74 Å². The molecule has 0 aliphatic carbocycles. The molecule has 222 valence electrons. The highest BCUT2D eigenvalue weighted by Gasteiger charge is 2.24. The maximum Gasteiger partial charge on any atom is 0.407 e. The molecule has 43 heavy (non-hydrogen) atoms. The first-order chi connectivity index (χ1) is 20.6. The topological polar surface area (TPSA) is 109 Å². The lowest BCUT2D eigenvalue weighted by atomic mass is 10.0. The van der Waals surface area contributed by atoms with Gasteiger partial charge in [-0.2, -0.15) is 10.2 Å². The number of nitrogens with zero attached hydrogens (tertiary/aromatic N) is 4. The van der Waals surface area contributed by atoms with E-state index in [0.717, 1.165) is 53.0 Å². The Morgan fingerprint density at radius 1 is 0.953 bits per heavy atom. The number of pyridine rings is 1. The largest absolute Gasteiger partial charge is 0.444 e. The van der Waals surface area contributed by atoms with Crippen molar-refractivity contribution >= 4 is 17.7 Å². The van der Waals surface area contributed by atoms with E-state index in [9.17, 15) is 9.59 Å². The fourth-order valence-electron chi connectivity index (χ4n) is 5.17. The van der Waals surface area contributed by atoms with Crippen LogP contribution in [0.1, 0.15) is 55.4 Å². The van der Waals surface area contributed by atoms with E-state index < -0.39 is 11.7 Å². The van der Waals surface area contributed by atoms with E-state index in [1.54, 1.807) is 12.3 Å². The lowest BCUT2D eigenvalue weighted by Crippen LogP contribution is -2.48. The van der Waals surface area contributed by atoms with Crippen molar-refractivity contribution in [3.8, 4) is 22.4 Å². The van der Waals surface area contributed by atoms with E-state index in [1.165, 1.54) is 0 Å². The quantitative estimate of drug-likeness (QED) is 0.267. The number of alkyl carbamates (subject to hydrolysis) is 1. The van der Waals surface area contributed by atoms with Crippen molar-refractivity contribution in [3.63, 3.8) is 0 Å². The molecule has 3 heterocycles. The van der Waals surface area contributed by atoms with Crippen LogP contribution < -0.4 is 10.6 Å². The summed E-state index contributed by atoms with van der Waals surface area (Å²) in [7, 11) is 0. The number of piperidine rings is 1. The molecular weight excluding hydrogens is 540 g/mol. The summed E-state index contributed by atoms with van der Waals surface area (Å²) in [6.45, 7) is 9.72. The van der Waals surface area contributed by atoms with Crippen LogP contribution in [-0.2, 0) is 11.3 Å². The molecule has 1 aliphatic rings. The smallest absolute Gasteiger partial charge is 0.407 e. The van der Waals surface area contributed by atoms with E-state index in [-0.39, 0.29) is 11.9 Å². The predicted octanol–water partition coefficient (Wildman–Crippen LogP) is 6.26. The molecule has 1 atom stereocenters. The minimum absolute atomic E-state index is 0.00288. The molecule has 2 amide bonds. The highest BCUT2D eigenvalue weighted by atomic mass is 16.6. The number of anilines is 1. The Morgan fingerprint density at radius 2 is 1.77 bits per heavy atom. The molecule has 4 aromatic rings. The first-order valence-electron chi connectivity index (χ1n) is 14.6. The van der Waals surface area contributed by atoms with Gasteiger partial charge in [0.25, 0.3) is 5.91 Å². The molecule has 1 fully saturated rings. The highest BCUT2D eigenvalue weighted by molar-refractivity contribution is 6.03. The normalized spacial score (nSPS) is 15.5. The molecule has 0 bridgehead atoms. The van der Waals surface area contributed by atoms with E-state index in [0.29, 0.717) is 24.5 Å². The third-order valence-corrected chi connectivity index (χ3v) is 7.08. The molecule has 9 nitrogen and oxygen atoms in total. The first-order valence-corrected chi connectivity index (χ1v) is 14.6. The van der Waals surface area contributed by atoms with Crippen molar-refractivity contribution in [1.29, 1.82) is 0 Å². The summed E-state index contributed by atoms with van der Waals surface area (Å²) >= 11 is 0. The number of hydrogen-bond acceptors (Lipinski definition) is 7. The number of nitrogens with one attached hydrogen (secondary N) is 2. The Morgan fingerprint density at radius 3 is 2.51 bits per heavy atom. The fraction of sp³-hybridized carbons (Fsp3) is 0.324. The van der Waals surface area contributed by atoms with E-state index in [2.05, 4.69) is 36.8 Å². The zero-order valence-corrected chi connectivity index (χ0v) is 25.1. The van der Waals surface area contributed by atoms with Crippen LogP contribution in [0.5, 0.6) is 0 Å². The summed E-state index contributed by atoms with van der Waals surface area (Å²) in [4.78, 5) is 32.4. The van der Waals surface area contributed by atoms with Gasteiger partial charge in [0.2, 0.25) is 0 Å². The number of rotatable bonds is 7. The summed E-state index contributed by atoms with van der Waals surface area (Å²) in [5, 5.41) is 14.7. The zero-order chi connectivity index (χ0) is 30.4. The standard InChI is InChI=1S/C34H38N6O3/c1-23-12-13-30(39-38-23)27-17-24(21-40-16-8-11-28(22-40)37-33(42)43-34(2,3)4)18-29(19-27)36-32(41)31-20-26(14-15-35-31)25-9-6-5-7-10-25/h5-7,9-10,12-15,17-20,28H,8,11,16,21-22H2,1-4H3,(H,36,41)(H,37,42)/t28-/m0/s1. The van der Waals surface area contributed by atoms with Gasteiger partial charge in [0.1, 0.15) is 11.3 Å². The van der Waals surface area contributed by atoms with Crippen LogP contribution in [0.3, 0.4) is 0 Å². The Kier molecular flexibility index (Phi) is 9.11. The van der Waals surface area contributed by atoms with Crippen LogP contribution >= 0.6 is 0 Å². The molecule has 2 aromatic heterocycles. The van der Waals surface area contributed by atoms with Crippen LogP contribution in [-0.4, -0.2) is 56.8 Å². The number of amides is 2. The lowest BCUT2D eigenvalue weighted by Gasteiger charge is -2.33. The number of ether oxygens (including phenoxy) is 1. The third-order valence-electron chi connectivity index (χ3n) is 7.08. The van der Waals surface area contributed by atoms with Crippen LogP contribution in [0.25, 0.3) is 22.4 Å². The molecule has 0 spiro atoms. The molecule has 2 N–H and O–H groups in total. The van der Waals surface area contributed by atoms with Gasteiger partial charge in [-0.1, -0.05) is 30.3 Å². The van der Waals surface area contributed by atoms with Crippen LogP contribution in [0, 0.1) is 6.92 Å². The summed E-state index contributed by atoms with van der Waals surface area (Å²) in [6.07, 6.45) is 3.11. The molecule has 1 aliphatic heterocycles. The Bertz CT molecular complexity index is 1570. The number of aryl methyl sites for hydroxylation is 1. The van der Waals surface area contributed by atoms with Crippen molar-refractivity contribution < 1.29 is 14.3 Å². The maximum absolute atomic E-state index is 13.4. The van der Waals surface area contributed by atoms with Gasteiger partial charge in [0.15, 0.2) is 0 Å². The maximum atomic E-state index is 13.4. The number of hydrogen-bond donors (Lipinski definition) is 2. The molecule has 5 rings (SSSR count). The Labute approximate surface area is 252 Å². The second-order valence-electron chi connectivity index (χ2n) is 11.9. The predicted molar refractivity (Wildman–Crippen MR) is 167 cm³/mol. The van der Waals surface area contributed by atoms with Crippen LogP contribution in [0.15, 0.2) is 79.0 Å². The number of carbonyl (C=O) groups excluding carboxylic acids is 2. The molecule has 9 heteroatoms. The fourth-order valence-corrected chi connectivity index (χ4v) is 5.17. The summed E-state index contributed by atoms with van der Waals surface area (Å²) in [6, 6.07) is 23.4. The average Bonchev–Trinajstić information content (AvgIpc) is 2.97. The zero-order valence-electron chi connectivity index (χ0n) is 25.1. The van der Waals surface area contributed by atoms with Gasteiger partial charge in [0.05, 0.1) is 11.4 Å². The van der Waals surface area contributed by atoms with Gasteiger partial charge < -0.3 is 15.4 Å². The molecule has 0 saturated carbocycles. The molecule has 0 radical (unpaired) electrons. The van der Waals surface area contributed by atoms with Crippen molar-refractivity contribution in [2.24, 2.45) is 0 Å². The van der Waals surface area contributed by atoms with Gasteiger partial charge in [-0.05, 0) is 106 Å². The third kappa shape index (κ3) is 8.45. The van der Waals surface area contributed by atoms with Crippen molar-refractivity contribution in [1.82, 2.24) is 25.4 Å². The summed E-state index contributed by atoms with van der Waals surface area (Å²) in [5.41, 5.74) is 5.78. The molecule has 1 saturated heterocycles. The molecular formula is C34H38N6O3. The molecule has 0 unspecified atom stereocenters. The van der Waals surface area contributed by atoms with Gasteiger partial charge in [-0.3, -0.25) is 14.7 Å². The SMILES string of the molecule is Cc1ccc(-c2cc(CN3CCC[C@H](NC(=O)OC(C)(C)C)C3)cc(NC(=O)c3cc(-c4ccccc4)ccn3)c2)nn1. The lowest BCUT2D eigenvalue weighted by molar-refractivity contribution is 0.0470. The minimum atomic E-state index is -0.545. The van der Waals surface area contributed by atoms with Gasteiger partial charge in [-0.25, -0.2) is 4.79 Å². The number of benzene rings is 2. The van der Waals surface area contributed by atoms with Crippen LogP contribution in [0.4, 0.5) is 10.5 Å².